The molecule has 1 saturated heterocycles. The second-order valence-electron chi connectivity index (χ2n) is 8.08. The Morgan fingerprint density at radius 2 is 2.17 bits per heavy atom. The Morgan fingerprint density at radius 1 is 1.33 bits per heavy atom. The van der Waals surface area contributed by atoms with Crippen LogP contribution in [-0.2, 0) is 17.6 Å². The number of fused-ring (bicyclic) bond motifs is 2. The van der Waals surface area contributed by atoms with Crippen LogP contribution in [0.15, 0.2) is 43.1 Å². The van der Waals surface area contributed by atoms with Crippen LogP contribution in [0, 0.1) is 0 Å². The first kappa shape index (κ1) is 19.3. The fourth-order valence-corrected chi connectivity index (χ4v) is 4.98. The van der Waals surface area contributed by atoms with E-state index in [0.29, 0.717) is 31.0 Å². The number of halogens is 1. The molecule has 30 heavy (non-hydrogen) atoms. The van der Waals surface area contributed by atoms with Gasteiger partial charge in [-0.25, -0.2) is 0 Å². The van der Waals surface area contributed by atoms with E-state index in [1.807, 2.05) is 29.3 Å². The molecule has 1 aromatic carbocycles. The molecule has 5 rings (SSSR count). The molecule has 1 fully saturated rings. The first-order valence-electron chi connectivity index (χ1n) is 10.4. The van der Waals surface area contributed by atoms with Crippen molar-refractivity contribution >= 4 is 23.6 Å². The average molecular weight is 422 g/mol. The molecule has 0 radical (unpaired) electrons. The fourth-order valence-electron chi connectivity index (χ4n) is 4.74. The number of hydrogen-bond acceptors (Lipinski definition) is 4. The Labute approximate surface area is 181 Å². The van der Waals surface area contributed by atoms with Crippen LogP contribution < -0.4 is 10.1 Å². The predicted molar refractivity (Wildman–Crippen MR) is 119 cm³/mol. The van der Waals surface area contributed by atoms with Crippen molar-refractivity contribution in [3.8, 4) is 16.9 Å². The standard InChI is InChI=1S/C24H24ClN3O2/c1-2-7-24(23(29)28-11-9-26-10-12-28)15-16-13-17(25)14-20(22(16)30-24)18-6-8-27-21-5-3-4-19(18)21/h2-4,6,8,13-14,26H,1,5,7,9-12,15H2. The molecule has 3 heterocycles. The molecule has 1 unspecified atom stereocenters. The predicted octanol–water partition coefficient (Wildman–Crippen LogP) is 3.65. The Kier molecular flexibility index (Phi) is 4.88. The zero-order valence-corrected chi connectivity index (χ0v) is 17.5. The van der Waals surface area contributed by atoms with Crippen LogP contribution in [0.3, 0.4) is 0 Å². The zero-order valence-electron chi connectivity index (χ0n) is 16.8. The summed E-state index contributed by atoms with van der Waals surface area (Å²) in [6, 6.07) is 5.85. The first-order chi connectivity index (χ1) is 14.6. The van der Waals surface area contributed by atoms with Crippen molar-refractivity contribution in [1.82, 2.24) is 15.2 Å². The molecular weight excluding hydrogens is 398 g/mol. The third kappa shape index (κ3) is 3.13. The quantitative estimate of drug-likeness (QED) is 0.765. The first-order valence-corrected chi connectivity index (χ1v) is 10.8. The zero-order chi connectivity index (χ0) is 20.7. The average Bonchev–Trinajstić information content (AvgIpc) is 3.38. The summed E-state index contributed by atoms with van der Waals surface area (Å²) in [5.74, 6) is 0.778. The molecule has 5 nitrogen and oxygen atoms in total. The largest absolute Gasteiger partial charge is 0.476 e. The Bertz CT molecular complexity index is 1060. The molecule has 1 N–H and O–H groups in total. The van der Waals surface area contributed by atoms with E-state index in [2.05, 4.69) is 29.0 Å². The lowest BCUT2D eigenvalue weighted by molar-refractivity contribution is -0.147. The lowest BCUT2D eigenvalue weighted by Crippen LogP contribution is -2.56. The monoisotopic (exact) mass is 421 g/mol. The third-order valence-corrected chi connectivity index (χ3v) is 6.35. The Hall–Kier alpha value is -2.63. The number of nitrogens with zero attached hydrogens (tertiary/aromatic N) is 2. The number of pyridine rings is 1. The topological polar surface area (TPSA) is 54.5 Å². The summed E-state index contributed by atoms with van der Waals surface area (Å²) in [5.41, 5.74) is 4.11. The van der Waals surface area contributed by atoms with Crippen molar-refractivity contribution in [2.75, 3.05) is 26.2 Å². The van der Waals surface area contributed by atoms with E-state index >= 15 is 0 Å². The number of rotatable bonds is 4. The molecule has 1 amide bonds. The number of piperazine rings is 1. The SMILES string of the molecule is C=CCC1(C(=O)N2CCNCC2)Cc2cc(Cl)cc(-c3ccnc4c3C=CC4)c2O1. The van der Waals surface area contributed by atoms with Gasteiger partial charge in [0, 0.05) is 73.4 Å². The van der Waals surface area contributed by atoms with Crippen molar-refractivity contribution in [3.63, 3.8) is 0 Å². The van der Waals surface area contributed by atoms with Gasteiger partial charge in [-0.2, -0.15) is 0 Å². The minimum absolute atomic E-state index is 0.0297. The van der Waals surface area contributed by atoms with Crippen molar-refractivity contribution in [1.29, 1.82) is 0 Å². The van der Waals surface area contributed by atoms with Gasteiger partial charge in [-0.3, -0.25) is 9.78 Å². The van der Waals surface area contributed by atoms with Gasteiger partial charge in [0.2, 0.25) is 0 Å². The van der Waals surface area contributed by atoms with Crippen LogP contribution in [0.4, 0.5) is 0 Å². The number of benzene rings is 1. The summed E-state index contributed by atoms with van der Waals surface area (Å²) in [4.78, 5) is 20.0. The maximum Gasteiger partial charge on any atom is 0.267 e. The van der Waals surface area contributed by atoms with E-state index < -0.39 is 5.60 Å². The fraction of sp³-hybridized carbons (Fsp3) is 0.333. The van der Waals surface area contributed by atoms with Crippen molar-refractivity contribution in [2.24, 2.45) is 0 Å². The smallest absolute Gasteiger partial charge is 0.267 e. The molecule has 0 spiro atoms. The minimum Gasteiger partial charge on any atom is -0.476 e. The van der Waals surface area contributed by atoms with E-state index in [9.17, 15) is 4.79 Å². The Balaban J connectivity index is 1.59. The Morgan fingerprint density at radius 3 is 2.97 bits per heavy atom. The van der Waals surface area contributed by atoms with Gasteiger partial charge in [-0.15, -0.1) is 6.58 Å². The number of carbonyl (C=O) groups is 1. The maximum atomic E-state index is 13.6. The van der Waals surface area contributed by atoms with Gasteiger partial charge >= 0.3 is 0 Å². The second kappa shape index (κ2) is 7.56. The third-order valence-electron chi connectivity index (χ3n) is 6.13. The van der Waals surface area contributed by atoms with Crippen LogP contribution >= 0.6 is 11.6 Å². The number of carbonyl (C=O) groups excluding carboxylic acids is 1. The molecule has 1 aliphatic carbocycles. The van der Waals surface area contributed by atoms with Gasteiger partial charge in [-0.1, -0.05) is 29.8 Å². The molecule has 2 aromatic rings. The van der Waals surface area contributed by atoms with Crippen molar-refractivity contribution in [2.45, 2.75) is 24.9 Å². The molecule has 0 bridgehead atoms. The lowest BCUT2D eigenvalue weighted by atomic mass is 9.90. The summed E-state index contributed by atoms with van der Waals surface area (Å²) in [5, 5.41) is 3.94. The summed E-state index contributed by atoms with van der Waals surface area (Å²) in [6.45, 7) is 6.88. The highest BCUT2D eigenvalue weighted by Gasteiger charge is 2.48. The highest BCUT2D eigenvalue weighted by molar-refractivity contribution is 6.31. The molecule has 0 saturated carbocycles. The van der Waals surface area contributed by atoms with Gasteiger partial charge < -0.3 is 15.0 Å². The van der Waals surface area contributed by atoms with E-state index in [-0.39, 0.29) is 5.91 Å². The van der Waals surface area contributed by atoms with Crippen LogP contribution in [-0.4, -0.2) is 47.6 Å². The summed E-state index contributed by atoms with van der Waals surface area (Å²) in [7, 11) is 0. The van der Waals surface area contributed by atoms with Crippen LogP contribution in [0.2, 0.25) is 5.02 Å². The van der Waals surface area contributed by atoms with Gasteiger partial charge in [-0.05, 0) is 23.8 Å². The lowest BCUT2D eigenvalue weighted by Gasteiger charge is -2.35. The van der Waals surface area contributed by atoms with E-state index in [1.54, 1.807) is 6.08 Å². The number of amides is 1. The molecule has 154 valence electrons. The number of allylic oxidation sites excluding steroid dienone is 1. The molecular formula is C24H24ClN3O2. The highest BCUT2D eigenvalue weighted by Crippen LogP contribution is 2.47. The van der Waals surface area contributed by atoms with Gasteiger partial charge in [0.1, 0.15) is 5.75 Å². The molecule has 6 heteroatoms. The van der Waals surface area contributed by atoms with Crippen LogP contribution in [0.1, 0.15) is 23.2 Å². The maximum absolute atomic E-state index is 13.6. The normalized spacial score (nSPS) is 21.8. The highest BCUT2D eigenvalue weighted by atomic mass is 35.5. The number of aromatic nitrogens is 1. The van der Waals surface area contributed by atoms with Crippen molar-refractivity contribution < 1.29 is 9.53 Å². The van der Waals surface area contributed by atoms with Crippen molar-refractivity contribution in [3.05, 3.63) is 65.0 Å². The van der Waals surface area contributed by atoms with Gasteiger partial charge in [0.15, 0.2) is 5.60 Å². The van der Waals surface area contributed by atoms with Gasteiger partial charge in [0.05, 0.1) is 5.69 Å². The molecule has 3 aliphatic rings. The number of hydrogen-bond donors (Lipinski definition) is 1. The molecule has 1 aromatic heterocycles. The number of nitrogens with one attached hydrogen (secondary N) is 1. The number of ether oxygens (including phenoxy) is 1. The van der Waals surface area contributed by atoms with E-state index in [1.165, 1.54) is 0 Å². The van der Waals surface area contributed by atoms with Crippen LogP contribution in [0.5, 0.6) is 5.75 Å². The second-order valence-corrected chi connectivity index (χ2v) is 8.51. The minimum atomic E-state index is -0.965. The summed E-state index contributed by atoms with van der Waals surface area (Å²) < 4.78 is 6.56. The van der Waals surface area contributed by atoms with E-state index in [4.69, 9.17) is 16.3 Å². The summed E-state index contributed by atoms with van der Waals surface area (Å²) in [6.07, 6.45) is 9.59. The molecule has 1 atom stereocenters. The van der Waals surface area contributed by atoms with Gasteiger partial charge in [0.25, 0.3) is 5.91 Å². The summed E-state index contributed by atoms with van der Waals surface area (Å²) >= 11 is 6.51. The molecule has 2 aliphatic heterocycles. The van der Waals surface area contributed by atoms with E-state index in [0.717, 1.165) is 53.2 Å². The van der Waals surface area contributed by atoms with Crippen LogP contribution in [0.25, 0.3) is 17.2 Å².